The van der Waals surface area contributed by atoms with Crippen molar-refractivity contribution in [1.29, 1.82) is 0 Å². The number of benzene rings is 3. The van der Waals surface area contributed by atoms with Gasteiger partial charge in [0.25, 0.3) is 11.1 Å². The van der Waals surface area contributed by atoms with Gasteiger partial charge in [-0.05, 0) is 67.4 Å². The van der Waals surface area contributed by atoms with Crippen LogP contribution < -0.4 is 9.47 Å². The third-order valence-electron chi connectivity index (χ3n) is 5.42. The van der Waals surface area contributed by atoms with Crippen LogP contribution >= 0.6 is 11.8 Å². The van der Waals surface area contributed by atoms with E-state index in [0.717, 1.165) is 34.0 Å². The molecule has 0 unspecified atom stereocenters. The molecule has 2 amide bonds. The highest BCUT2D eigenvalue weighted by molar-refractivity contribution is 8.18. The molecule has 174 valence electrons. The zero-order valence-corrected chi connectivity index (χ0v) is 20.4. The summed E-state index contributed by atoms with van der Waals surface area (Å²) in [6.45, 7) is 7.13. The largest absolute Gasteiger partial charge is 0.490 e. The molecule has 0 aromatic heterocycles. The van der Waals surface area contributed by atoms with Gasteiger partial charge in [-0.15, -0.1) is 0 Å². The van der Waals surface area contributed by atoms with Crippen LogP contribution in [0.5, 0.6) is 11.5 Å². The maximum Gasteiger partial charge on any atom is 0.293 e. The standard InChI is InChI=1S/C28H27NO4S/c1-4-32-25-15-23(13-14-24(25)33-18-22-11-7-20(3)8-12-22)16-26-27(30)29(28(31)34-26)17-21-9-5-19(2)6-10-21/h5-16H,4,17-18H2,1-3H3/b26-16-. The predicted octanol–water partition coefficient (Wildman–Crippen LogP) is 6.52. The molecule has 0 spiro atoms. The first kappa shape index (κ1) is 23.6. The first-order chi connectivity index (χ1) is 16.4. The normalized spacial score (nSPS) is 14.7. The van der Waals surface area contributed by atoms with E-state index in [1.165, 1.54) is 10.5 Å². The van der Waals surface area contributed by atoms with Gasteiger partial charge in [-0.1, -0.05) is 65.7 Å². The smallest absolute Gasteiger partial charge is 0.293 e. The average molecular weight is 474 g/mol. The fraction of sp³-hybridized carbons (Fsp3) is 0.214. The number of amides is 2. The summed E-state index contributed by atoms with van der Waals surface area (Å²) in [6.07, 6.45) is 1.73. The number of imide groups is 1. The topological polar surface area (TPSA) is 55.8 Å². The van der Waals surface area contributed by atoms with E-state index in [4.69, 9.17) is 9.47 Å². The fourth-order valence-electron chi connectivity index (χ4n) is 3.51. The lowest BCUT2D eigenvalue weighted by molar-refractivity contribution is -0.123. The van der Waals surface area contributed by atoms with E-state index in [2.05, 4.69) is 12.1 Å². The van der Waals surface area contributed by atoms with Gasteiger partial charge in [0.1, 0.15) is 6.61 Å². The van der Waals surface area contributed by atoms with Crippen molar-refractivity contribution < 1.29 is 19.1 Å². The molecule has 0 bridgehead atoms. The number of ether oxygens (including phenoxy) is 2. The van der Waals surface area contributed by atoms with Gasteiger partial charge in [0.05, 0.1) is 18.1 Å². The van der Waals surface area contributed by atoms with E-state index in [0.29, 0.717) is 29.6 Å². The first-order valence-corrected chi connectivity index (χ1v) is 12.0. The van der Waals surface area contributed by atoms with Crippen molar-refractivity contribution in [3.8, 4) is 11.5 Å². The molecule has 3 aromatic carbocycles. The number of hydrogen-bond acceptors (Lipinski definition) is 5. The van der Waals surface area contributed by atoms with Gasteiger partial charge >= 0.3 is 0 Å². The van der Waals surface area contributed by atoms with E-state index >= 15 is 0 Å². The van der Waals surface area contributed by atoms with Gasteiger partial charge in [-0.3, -0.25) is 14.5 Å². The van der Waals surface area contributed by atoms with Crippen LogP contribution in [-0.2, 0) is 17.9 Å². The van der Waals surface area contributed by atoms with Crippen LogP contribution in [0, 0.1) is 13.8 Å². The van der Waals surface area contributed by atoms with Crippen molar-refractivity contribution in [2.45, 2.75) is 33.9 Å². The van der Waals surface area contributed by atoms with Crippen LogP contribution in [0.2, 0.25) is 0 Å². The minimum Gasteiger partial charge on any atom is -0.490 e. The first-order valence-electron chi connectivity index (χ1n) is 11.2. The number of nitrogens with zero attached hydrogens (tertiary/aromatic N) is 1. The molecular weight excluding hydrogens is 446 g/mol. The van der Waals surface area contributed by atoms with Crippen molar-refractivity contribution in [3.05, 3.63) is 99.5 Å². The lowest BCUT2D eigenvalue weighted by Gasteiger charge is -2.13. The number of thioether (sulfide) groups is 1. The molecule has 1 saturated heterocycles. The van der Waals surface area contributed by atoms with Crippen molar-refractivity contribution in [2.24, 2.45) is 0 Å². The molecule has 4 rings (SSSR count). The van der Waals surface area contributed by atoms with E-state index in [9.17, 15) is 9.59 Å². The Bertz CT molecular complexity index is 1220. The van der Waals surface area contributed by atoms with Crippen LogP contribution in [0.1, 0.15) is 34.7 Å². The summed E-state index contributed by atoms with van der Waals surface area (Å²) in [5, 5.41) is -0.264. The van der Waals surface area contributed by atoms with Crippen LogP contribution in [0.25, 0.3) is 6.08 Å². The zero-order chi connectivity index (χ0) is 24.1. The Hall–Kier alpha value is -3.51. The Balaban J connectivity index is 1.49. The number of carbonyl (C=O) groups is 2. The van der Waals surface area contributed by atoms with Gasteiger partial charge in [0.15, 0.2) is 11.5 Å². The van der Waals surface area contributed by atoms with Gasteiger partial charge in [0, 0.05) is 0 Å². The maximum absolute atomic E-state index is 12.9. The van der Waals surface area contributed by atoms with E-state index < -0.39 is 0 Å². The average Bonchev–Trinajstić information content (AvgIpc) is 3.08. The Morgan fingerprint density at radius 1 is 0.824 bits per heavy atom. The SMILES string of the molecule is CCOc1cc(/C=C2\SC(=O)N(Cc3ccc(C)cc3)C2=O)ccc1OCc1ccc(C)cc1. The quantitative estimate of drug-likeness (QED) is 0.349. The number of aryl methyl sites for hydroxylation is 2. The van der Waals surface area contributed by atoms with Crippen LogP contribution in [0.3, 0.4) is 0 Å². The molecule has 0 atom stereocenters. The summed E-state index contributed by atoms with van der Waals surface area (Å²) in [7, 11) is 0. The van der Waals surface area contributed by atoms with Crippen LogP contribution in [-0.4, -0.2) is 22.7 Å². The molecule has 0 aliphatic carbocycles. The van der Waals surface area contributed by atoms with Gasteiger partial charge < -0.3 is 9.47 Å². The molecule has 34 heavy (non-hydrogen) atoms. The molecule has 1 aliphatic rings. The molecule has 1 fully saturated rings. The highest BCUT2D eigenvalue weighted by Gasteiger charge is 2.35. The minimum atomic E-state index is -0.284. The van der Waals surface area contributed by atoms with Crippen molar-refractivity contribution in [1.82, 2.24) is 4.90 Å². The Labute approximate surface area is 204 Å². The van der Waals surface area contributed by atoms with E-state index in [1.807, 2.05) is 75.4 Å². The second-order valence-electron chi connectivity index (χ2n) is 8.17. The molecule has 6 heteroatoms. The Morgan fingerprint density at radius 2 is 1.47 bits per heavy atom. The van der Waals surface area contributed by atoms with Crippen molar-refractivity contribution in [2.75, 3.05) is 6.61 Å². The second kappa shape index (κ2) is 10.6. The molecule has 3 aromatic rings. The molecule has 1 aliphatic heterocycles. The summed E-state index contributed by atoms with van der Waals surface area (Å²) < 4.78 is 11.8. The molecule has 0 saturated carbocycles. The third-order valence-corrected chi connectivity index (χ3v) is 6.32. The van der Waals surface area contributed by atoms with Crippen LogP contribution in [0.15, 0.2) is 71.6 Å². The molecule has 0 radical (unpaired) electrons. The lowest BCUT2D eigenvalue weighted by atomic mass is 10.1. The summed E-state index contributed by atoms with van der Waals surface area (Å²) in [5.41, 5.74) is 5.09. The van der Waals surface area contributed by atoms with Crippen LogP contribution in [0.4, 0.5) is 4.79 Å². The van der Waals surface area contributed by atoms with Gasteiger partial charge in [-0.2, -0.15) is 0 Å². The number of rotatable bonds is 8. The maximum atomic E-state index is 12.9. The number of carbonyl (C=O) groups excluding carboxylic acids is 2. The summed E-state index contributed by atoms with van der Waals surface area (Å²) >= 11 is 0.958. The summed E-state index contributed by atoms with van der Waals surface area (Å²) in [5.74, 6) is 0.947. The zero-order valence-electron chi connectivity index (χ0n) is 19.5. The van der Waals surface area contributed by atoms with Crippen molar-refractivity contribution >= 4 is 29.0 Å². The second-order valence-corrected chi connectivity index (χ2v) is 9.16. The number of hydrogen-bond donors (Lipinski definition) is 0. The summed E-state index contributed by atoms with van der Waals surface area (Å²) in [4.78, 5) is 27.1. The third kappa shape index (κ3) is 5.69. The fourth-order valence-corrected chi connectivity index (χ4v) is 4.35. The monoisotopic (exact) mass is 473 g/mol. The Kier molecular flexibility index (Phi) is 7.38. The molecule has 1 heterocycles. The highest BCUT2D eigenvalue weighted by Crippen LogP contribution is 2.35. The van der Waals surface area contributed by atoms with Crippen molar-refractivity contribution in [3.63, 3.8) is 0 Å². The molecule has 0 N–H and O–H groups in total. The van der Waals surface area contributed by atoms with E-state index in [1.54, 1.807) is 6.08 Å². The summed E-state index contributed by atoms with van der Waals surface area (Å²) in [6, 6.07) is 21.5. The van der Waals surface area contributed by atoms with E-state index in [-0.39, 0.29) is 17.7 Å². The minimum absolute atomic E-state index is 0.262. The Morgan fingerprint density at radius 3 is 2.12 bits per heavy atom. The molecular formula is C28H27NO4S. The van der Waals surface area contributed by atoms with Gasteiger partial charge in [-0.25, -0.2) is 0 Å². The highest BCUT2D eigenvalue weighted by atomic mass is 32.2. The van der Waals surface area contributed by atoms with Gasteiger partial charge in [0.2, 0.25) is 0 Å². The molecule has 5 nitrogen and oxygen atoms in total. The lowest BCUT2D eigenvalue weighted by Crippen LogP contribution is -2.27. The predicted molar refractivity (Wildman–Crippen MR) is 136 cm³/mol.